The van der Waals surface area contributed by atoms with E-state index in [4.69, 9.17) is 9.47 Å². The molecule has 2 aromatic rings. The van der Waals surface area contributed by atoms with E-state index in [1.807, 2.05) is 12.1 Å². The topological polar surface area (TPSA) is 99.5 Å². The van der Waals surface area contributed by atoms with E-state index in [0.717, 1.165) is 62.7 Å². The number of ketones is 2. The zero-order valence-electron chi connectivity index (χ0n) is 25.1. The molecule has 4 fully saturated rings. The molecular weight excluding hydrogens is 603 g/mol. The molecule has 2 N–H and O–H groups in total. The van der Waals surface area contributed by atoms with E-state index >= 15 is 0 Å². The van der Waals surface area contributed by atoms with Gasteiger partial charge in [-0.05, 0) is 101 Å². The first-order chi connectivity index (χ1) is 20.3. The number of carbonyl (C=O) groups is 2. The molecule has 4 heterocycles. The average molecular weight is 644 g/mol. The van der Waals surface area contributed by atoms with E-state index in [0.29, 0.717) is 48.3 Å². The summed E-state index contributed by atoms with van der Waals surface area (Å²) in [5, 5.41) is 20.4. The fourth-order valence-electron chi connectivity index (χ4n) is 11.0. The van der Waals surface area contributed by atoms with Gasteiger partial charge in [0.2, 0.25) is 0 Å². The lowest BCUT2D eigenvalue weighted by Gasteiger charge is -2.57. The number of phenols is 2. The molecule has 4 aliphatic carbocycles. The Bertz CT molecular complexity index is 1470. The molecule has 0 radical (unpaired) electrons. The van der Waals surface area contributed by atoms with E-state index in [1.165, 1.54) is 11.1 Å². The van der Waals surface area contributed by atoms with Gasteiger partial charge in [-0.3, -0.25) is 9.59 Å². The Kier molecular flexibility index (Phi) is 6.84. The van der Waals surface area contributed by atoms with Gasteiger partial charge in [0.1, 0.15) is 0 Å². The number of phenolic OH excluding ortho intramolecular Hbond substituents is 2. The Balaban J connectivity index is 0.000000136. The normalized spacial score (nSPS) is 38.0. The predicted molar refractivity (Wildman–Crippen MR) is 168 cm³/mol. The second-order valence-corrected chi connectivity index (χ2v) is 14.2. The monoisotopic (exact) mass is 642 g/mol. The number of ether oxygens (including phenoxy) is 2. The van der Waals surface area contributed by atoms with Crippen LogP contribution in [0.2, 0.25) is 0 Å². The molecule has 44 heavy (non-hydrogen) atoms. The fraction of sp³-hybridized carbons (Fsp3) is 0.588. The molecule has 8 aliphatic rings. The van der Waals surface area contributed by atoms with E-state index < -0.39 is 0 Å². The Morgan fingerprint density at radius 2 is 1.11 bits per heavy atom. The number of benzene rings is 2. The smallest absolute Gasteiger partial charge is 0.174 e. The fourth-order valence-corrected chi connectivity index (χ4v) is 11.0. The number of carbonyl (C=O) groups excluding carboxylic acids is 2. The van der Waals surface area contributed by atoms with Crippen LogP contribution in [0.25, 0.3) is 0 Å². The molecule has 8 nitrogen and oxygen atoms in total. The summed E-state index contributed by atoms with van der Waals surface area (Å²) in [4.78, 5) is 29.9. The Morgan fingerprint density at radius 1 is 0.705 bits per heavy atom. The predicted octanol–water partition coefficient (Wildman–Crippen LogP) is 4.10. The highest BCUT2D eigenvalue weighted by atomic mass is 35.5. The molecule has 0 amide bonds. The van der Waals surface area contributed by atoms with Crippen molar-refractivity contribution >= 4 is 36.4 Å². The highest BCUT2D eigenvalue weighted by Crippen LogP contribution is 2.64. The number of likely N-dealkylation sites (tertiary alicyclic amines) is 2. The number of hydrogen-bond donors (Lipinski definition) is 2. The average Bonchev–Trinajstić information content (AvgIpc) is 3.52. The number of aromatic hydroxyl groups is 2. The summed E-state index contributed by atoms with van der Waals surface area (Å²) in [6.07, 6.45) is 6.37. The van der Waals surface area contributed by atoms with Crippen LogP contribution < -0.4 is 9.47 Å². The van der Waals surface area contributed by atoms with Gasteiger partial charge in [0.15, 0.2) is 46.8 Å². The number of halogens is 2. The van der Waals surface area contributed by atoms with Crippen molar-refractivity contribution in [1.82, 2.24) is 9.80 Å². The Morgan fingerprint density at radius 3 is 1.52 bits per heavy atom. The molecule has 0 aromatic heterocycles. The first-order valence-corrected chi connectivity index (χ1v) is 15.8. The van der Waals surface area contributed by atoms with Crippen LogP contribution in [0, 0.1) is 11.8 Å². The van der Waals surface area contributed by atoms with Crippen LogP contribution in [0.4, 0.5) is 0 Å². The SMILES string of the molecule is CN1CC[C@]23c4c5ccc(O)c4O[C@H]2C(=O)CC[C@H]3[C@H]1C5.CN1CC[C@]23c4c5ccc(O)c4O[C@H]2C(=O)CC[C@H]3[C@H]1C5.Cl.Cl. The maximum atomic E-state index is 12.5. The minimum absolute atomic E-state index is 0. The molecule has 236 valence electrons. The number of rotatable bonds is 0. The quantitative estimate of drug-likeness (QED) is 0.443. The van der Waals surface area contributed by atoms with Gasteiger partial charge in [0, 0.05) is 46.9 Å². The van der Waals surface area contributed by atoms with Crippen molar-refractivity contribution in [3.63, 3.8) is 0 Å². The zero-order valence-corrected chi connectivity index (χ0v) is 26.7. The van der Waals surface area contributed by atoms with Crippen LogP contribution in [-0.2, 0) is 33.3 Å². The largest absolute Gasteiger partial charge is 0.504 e. The molecule has 0 unspecified atom stereocenters. The lowest BCUT2D eigenvalue weighted by molar-refractivity contribution is -0.138. The van der Waals surface area contributed by atoms with Crippen LogP contribution in [0.5, 0.6) is 23.0 Å². The summed E-state index contributed by atoms with van der Waals surface area (Å²) in [6, 6.07) is 8.51. The van der Waals surface area contributed by atoms with Gasteiger partial charge >= 0.3 is 0 Å². The lowest BCUT2D eigenvalue weighted by Crippen LogP contribution is -2.65. The standard InChI is InChI=1S/2C17H19NO3.2ClH/c2*1-18-7-6-17-10-3-5-13(20)16(17)21-15-12(19)4-2-9(14(15)17)8-11(10)18;;/h2*2,4,10-11,16,19H,3,5-8H2,1H3;2*1H/t2*10-,11+,16-,17-;;/m00../s1. The third-order valence-electron chi connectivity index (χ3n) is 12.8. The molecule has 10 rings (SSSR count). The summed E-state index contributed by atoms with van der Waals surface area (Å²) in [5.74, 6) is 2.99. The van der Waals surface area contributed by atoms with Crippen molar-refractivity contribution in [3.8, 4) is 23.0 Å². The number of piperidine rings is 2. The minimum Gasteiger partial charge on any atom is -0.504 e. The first kappa shape index (κ1) is 30.2. The van der Waals surface area contributed by atoms with Gasteiger partial charge in [-0.25, -0.2) is 0 Å². The molecule has 2 aromatic carbocycles. The summed E-state index contributed by atoms with van der Waals surface area (Å²) in [7, 11) is 4.40. The van der Waals surface area contributed by atoms with Crippen LogP contribution in [-0.4, -0.2) is 83.1 Å². The molecular formula is C34H40Cl2N2O6. The maximum Gasteiger partial charge on any atom is 0.174 e. The van der Waals surface area contributed by atoms with Crippen molar-refractivity contribution in [1.29, 1.82) is 0 Å². The van der Waals surface area contributed by atoms with Crippen molar-refractivity contribution in [3.05, 3.63) is 46.5 Å². The van der Waals surface area contributed by atoms with E-state index in [-0.39, 0.29) is 70.9 Å². The van der Waals surface area contributed by atoms with E-state index in [9.17, 15) is 19.8 Å². The maximum absolute atomic E-state index is 12.5. The highest BCUT2D eigenvalue weighted by molar-refractivity contribution is 5.90. The van der Waals surface area contributed by atoms with Gasteiger partial charge in [0.05, 0.1) is 0 Å². The molecule has 2 saturated carbocycles. The summed E-state index contributed by atoms with van der Waals surface area (Å²) in [5.41, 5.74) is 4.52. The first-order valence-electron chi connectivity index (χ1n) is 15.8. The van der Waals surface area contributed by atoms with Crippen molar-refractivity contribution in [2.45, 2.75) is 86.5 Å². The molecule has 4 aliphatic heterocycles. The van der Waals surface area contributed by atoms with E-state index in [1.54, 1.807) is 12.1 Å². The van der Waals surface area contributed by atoms with Crippen LogP contribution in [0.1, 0.15) is 60.8 Å². The minimum atomic E-state index is -0.366. The molecule has 2 saturated heterocycles. The Hall–Kier alpha value is -2.52. The number of likely N-dealkylation sites (N-methyl/N-ethyl adjacent to an activating group) is 2. The van der Waals surface area contributed by atoms with Gasteiger partial charge in [0.25, 0.3) is 0 Å². The van der Waals surface area contributed by atoms with Crippen LogP contribution in [0.3, 0.4) is 0 Å². The molecule has 8 atom stereocenters. The summed E-state index contributed by atoms with van der Waals surface area (Å²) in [6.45, 7) is 2.01. The lowest BCUT2D eigenvalue weighted by atomic mass is 9.52. The number of Topliss-reactive ketones (excluding diaryl/α,β-unsaturated/α-hetero) is 2. The third-order valence-corrected chi connectivity index (χ3v) is 12.8. The van der Waals surface area contributed by atoms with Crippen molar-refractivity contribution < 1.29 is 29.3 Å². The zero-order chi connectivity index (χ0) is 28.7. The van der Waals surface area contributed by atoms with Crippen molar-refractivity contribution in [2.24, 2.45) is 11.8 Å². The number of hydrogen-bond acceptors (Lipinski definition) is 8. The second-order valence-electron chi connectivity index (χ2n) is 14.2. The molecule has 4 bridgehead atoms. The van der Waals surface area contributed by atoms with Gasteiger partial charge in [-0.2, -0.15) is 0 Å². The Labute approximate surface area is 269 Å². The van der Waals surface area contributed by atoms with Crippen molar-refractivity contribution in [2.75, 3.05) is 27.2 Å². The van der Waals surface area contributed by atoms with Crippen LogP contribution in [0.15, 0.2) is 24.3 Å². The molecule has 10 heteroatoms. The van der Waals surface area contributed by atoms with Gasteiger partial charge in [-0.1, -0.05) is 12.1 Å². The van der Waals surface area contributed by atoms with Crippen LogP contribution >= 0.6 is 24.8 Å². The van der Waals surface area contributed by atoms with Gasteiger partial charge in [-0.15, -0.1) is 24.8 Å². The molecule has 2 spiro atoms. The summed E-state index contributed by atoms with van der Waals surface area (Å²) >= 11 is 0. The second kappa shape index (κ2) is 9.99. The summed E-state index contributed by atoms with van der Waals surface area (Å²) < 4.78 is 12.1. The highest BCUT2D eigenvalue weighted by Gasteiger charge is 2.67. The number of nitrogens with zero attached hydrogens (tertiary/aromatic N) is 2. The third kappa shape index (κ3) is 3.49. The van der Waals surface area contributed by atoms with Gasteiger partial charge < -0.3 is 29.5 Å². The van der Waals surface area contributed by atoms with E-state index in [2.05, 4.69) is 23.9 Å².